The normalized spacial score (nSPS) is 13.6. The lowest BCUT2D eigenvalue weighted by Gasteiger charge is -2.15. The summed E-state index contributed by atoms with van der Waals surface area (Å²) in [5.41, 5.74) is 4.91. The van der Waals surface area contributed by atoms with Gasteiger partial charge in [0.05, 0.1) is 12.2 Å². The number of amides is 1. The zero-order valence-electron chi connectivity index (χ0n) is 15.3. The van der Waals surface area contributed by atoms with E-state index in [1.807, 2.05) is 4.90 Å². The van der Waals surface area contributed by atoms with E-state index in [0.29, 0.717) is 5.75 Å². The fraction of sp³-hybridized carbons (Fsp3) is 0.350. The number of carbonyl (C=O) groups is 1. The standard InChI is InChI=1S/C13H17NO3.C7H6F3N/c15-9-11-3-5-12(6-4-11)17-10-13(16)14-7-1-2-8-14;8-7(9,10)5-3-1-2-4-6(5)11/h3-6,15H,1-2,7-10H2;1-4H,11H2. The van der Waals surface area contributed by atoms with E-state index in [9.17, 15) is 18.0 Å². The third kappa shape index (κ3) is 6.45. The number of benzene rings is 2. The van der Waals surface area contributed by atoms with E-state index in [4.69, 9.17) is 15.6 Å². The van der Waals surface area contributed by atoms with Crippen LogP contribution in [0.5, 0.6) is 5.75 Å². The van der Waals surface area contributed by atoms with Gasteiger partial charge in [0, 0.05) is 18.8 Å². The van der Waals surface area contributed by atoms with E-state index in [-0.39, 0.29) is 24.8 Å². The first-order valence-corrected chi connectivity index (χ1v) is 8.83. The molecule has 152 valence electrons. The Balaban J connectivity index is 0.000000221. The molecule has 1 aliphatic heterocycles. The molecule has 1 heterocycles. The summed E-state index contributed by atoms with van der Waals surface area (Å²) in [4.78, 5) is 13.5. The molecule has 0 saturated carbocycles. The number of nitrogen functional groups attached to an aromatic ring is 1. The highest BCUT2D eigenvalue weighted by atomic mass is 19.4. The van der Waals surface area contributed by atoms with Gasteiger partial charge in [0.1, 0.15) is 5.75 Å². The van der Waals surface area contributed by atoms with E-state index in [0.717, 1.165) is 37.6 Å². The predicted molar refractivity (Wildman–Crippen MR) is 99.5 cm³/mol. The zero-order valence-corrected chi connectivity index (χ0v) is 15.3. The number of ether oxygens (including phenoxy) is 1. The van der Waals surface area contributed by atoms with Crippen LogP contribution < -0.4 is 10.5 Å². The summed E-state index contributed by atoms with van der Waals surface area (Å²) in [5, 5.41) is 8.89. The molecular formula is C20H23F3N2O3. The number of rotatable bonds is 4. The summed E-state index contributed by atoms with van der Waals surface area (Å²) in [6, 6.07) is 12.1. The first kappa shape index (κ1) is 21.6. The van der Waals surface area contributed by atoms with Gasteiger partial charge in [-0.05, 0) is 42.7 Å². The minimum absolute atomic E-state index is 0.0208. The van der Waals surface area contributed by atoms with Crippen LogP contribution in [-0.2, 0) is 17.6 Å². The SMILES string of the molecule is Nc1ccccc1C(F)(F)F.O=C(COc1ccc(CO)cc1)N1CCCC1. The van der Waals surface area contributed by atoms with Crippen LogP contribution in [-0.4, -0.2) is 35.6 Å². The molecule has 0 bridgehead atoms. The lowest BCUT2D eigenvalue weighted by atomic mass is 10.2. The number of aliphatic hydroxyl groups is 1. The second-order valence-electron chi connectivity index (χ2n) is 6.26. The number of nitrogens with zero attached hydrogens (tertiary/aromatic N) is 1. The maximum absolute atomic E-state index is 12.0. The molecule has 1 saturated heterocycles. The molecule has 1 amide bonds. The molecule has 3 N–H and O–H groups in total. The van der Waals surface area contributed by atoms with Gasteiger partial charge >= 0.3 is 6.18 Å². The number of halogens is 3. The van der Waals surface area contributed by atoms with Gasteiger partial charge in [0.2, 0.25) is 0 Å². The number of nitrogens with two attached hydrogens (primary N) is 1. The minimum atomic E-state index is -4.34. The van der Waals surface area contributed by atoms with Gasteiger partial charge in [0.15, 0.2) is 6.61 Å². The minimum Gasteiger partial charge on any atom is -0.484 e. The van der Waals surface area contributed by atoms with Crippen LogP contribution in [0.25, 0.3) is 0 Å². The molecule has 0 atom stereocenters. The summed E-state index contributed by atoms with van der Waals surface area (Å²) in [5.74, 6) is 0.712. The van der Waals surface area contributed by atoms with Crippen molar-refractivity contribution in [3.8, 4) is 5.75 Å². The van der Waals surface area contributed by atoms with Crippen LogP contribution in [0.2, 0.25) is 0 Å². The van der Waals surface area contributed by atoms with E-state index in [2.05, 4.69) is 0 Å². The van der Waals surface area contributed by atoms with Crippen LogP contribution in [0.3, 0.4) is 0 Å². The Hall–Kier alpha value is -2.74. The van der Waals surface area contributed by atoms with Gasteiger partial charge in [-0.3, -0.25) is 4.79 Å². The van der Waals surface area contributed by atoms with Gasteiger partial charge < -0.3 is 20.5 Å². The van der Waals surface area contributed by atoms with E-state index in [1.54, 1.807) is 24.3 Å². The highest BCUT2D eigenvalue weighted by molar-refractivity contribution is 5.78. The quantitative estimate of drug-likeness (QED) is 0.776. The molecule has 0 aromatic heterocycles. The largest absolute Gasteiger partial charge is 0.484 e. The molecular weight excluding hydrogens is 373 g/mol. The number of anilines is 1. The smallest absolute Gasteiger partial charge is 0.418 e. The van der Waals surface area contributed by atoms with E-state index in [1.165, 1.54) is 18.2 Å². The van der Waals surface area contributed by atoms with Gasteiger partial charge in [-0.25, -0.2) is 0 Å². The van der Waals surface area contributed by atoms with Crippen molar-refractivity contribution in [2.75, 3.05) is 25.4 Å². The average molecular weight is 396 g/mol. The first-order valence-electron chi connectivity index (χ1n) is 8.83. The molecule has 0 spiro atoms. The van der Waals surface area contributed by atoms with Crippen LogP contribution >= 0.6 is 0 Å². The first-order chi connectivity index (χ1) is 13.3. The number of hydrogen-bond donors (Lipinski definition) is 2. The Bertz CT molecular complexity index is 758. The topological polar surface area (TPSA) is 75.8 Å². The summed E-state index contributed by atoms with van der Waals surface area (Å²) >= 11 is 0. The number of alkyl halides is 3. The van der Waals surface area contributed by atoms with E-state index >= 15 is 0 Å². The van der Waals surface area contributed by atoms with Crippen LogP contribution in [0, 0.1) is 0 Å². The van der Waals surface area contributed by atoms with Crippen molar-refractivity contribution in [1.82, 2.24) is 4.90 Å². The fourth-order valence-electron chi connectivity index (χ4n) is 2.65. The monoisotopic (exact) mass is 396 g/mol. The Morgan fingerprint density at radius 3 is 2.18 bits per heavy atom. The zero-order chi connectivity index (χ0) is 20.6. The number of hydrogen-bond acceptors (Lipinski definition) is 4. The third-order valence-electron chi connectivity index (χ3n) is 4.19. The van der Waals surface area contributed by atoms with Crippen molar-refractivity contribution in [1.29, 1.82) is 0 Å². The molecule has 0 unspecified atom stereocenters. The predicted octanol–water partition coefficient (Wildman–Crippen LogP) is 3.47. The molecule has 28 heavy (non-hydrogen) atoms. The van der Waals surface area contributed by atoms with Crippen LogP contribution in [0.1, 0.15) is 24.0 Å². The molecule has 1 fully saturated rings. The maximum atomic E-state index is 12.0. The van der Waals surface area contributed by atoms with Crippen LogP contribution in [0.4, 0.5) is 18.9 Å². The molecule has 3 rings (SSSR count). The third-order valence-corrected chi connectivity index (χ3v) is 4.19. The lowest BCUT2D eigenvalue weighted by Crippen LogP contribution is -2.32. The van der Waals surface area contributed by atoms with Crippen molar-refractivity contribution >= 4 is 11.6 Å². The number of para-hydroxylation sites is 1. The summed E-state index contributed by atoms with van der Waals surface area (Å²) in [7, 11) is 0. The number of carbonyl (C=O) groups excluding carboxylic acids is 1. The number of aliphatic hydroxyl groups excluding tert-OH is 1. The highest BCUT2D eigenvalue weighted by Crippen LogP contribution is 2.32. The summed E-state index contributed by atoms with van der Waals surface area (Å²) < 4.78 is 41.3. The van der Waals surface area contributed by atoms with Crippen LogP contribution in [0.15, 0.2) is 48.5 Å². The second kappa shape index (κ2) is 9.98. The van der Waals surface area contributed by atoms with Gasteiger partial charge in [-0.2, -0.15) is 13.2 Å². The van der Waals surface area contributed by atoms with Crippen molar-refractivity contribution in [2.24, 2.45) is 0 Å². The molecule has 2 aromatic carbocycles. The molecule has 5 nitrogen and oxygen atoms in total. The molecule has 0 radical (unpaired) electrons. The Morgan fingerprint density at radius 2 is 1.68 bits per heavy atom. The average Bonchev–Trinajstić information content (AvgIpc) is 3.21. The Kier molecular flexibility index (Phi) is 7.69. The molecule has 0 aliphatic carbocycles. The molecule has 1 aliphatic rings. The van der Waals surface area contributed by atoms with Gasteiger partial charge in [-0.15, -0.1) is 0 Å². The van der Waals surface area contributed by atoms with Crippen molar-refractivity contribution in [3.63, 3.8) is 0 Å². The molecule has 2 aromatic rings. The number of likely N-dealkylation sites (tertiary alicyclic amines) is 1. The highest BCUT2D eigenvalue weighted by Gasteiger charge is 2.32. The van der Waals surface area contributed by atoms with Gasteiger partial charge in [0.25, 0.3) is 5.91 Å². The summed E-state index contributed by atoms with van der Waals surface area (Å²) in [6.07, 6.45) is -2.15. The Morgan fingerprint density at radius 1 is 1.07 bits per heavy atom. The van der Waals surface area contributed by atoms with Crippen molar-refractivity contribution in [3.05, 3.63) is 59.7 Å². The summed E-state index contributed by atoms with van der Waals surface area (Å²) in [6.45, 7) is 1.82. The van der Waals surface area contributed by atoms with Crippen molar-refractivity contribution in [2.45, 2.75) is 25.6 Å². The van der Waals surface area contributed by atoms with E-state index < -0.39 is 11.7 Å². The van der Waals surface area contributed by atoms with Crippen molar-refractivity contribution < 1.29 is 27.8 Å². The lowest BCUT2D eigenvalue weighted by molar-refractivity contribution is -0.137. The Labute approximate surface area is 161 Å². The van der Waals surface area contributed by atoms with Gasteiger partial charge in [-0.1, -0.05) is 24.3 Å². The second-order valence-corrected chi connectivity index (χ2v) is 6.26. The fourth-order valence-corrected chi connectivity index (χ4v) is 2.65. The maximum Gasteiger partial charge on any atom is 0.418 e. The molecule has 8 heteroatoms.